The monoisotopic (exact) mass is 452 g/mol. The normalized spacial score (nSPS) is 21.0. The smallest absolute Gasteiger partial charge is 0.402 e. The Hall–Kier alpha value is -1.61. The van der Waals surface area contributed by atoms with E-state index < -0.39 is 26.0 Å². The Morgan fingerprint density at radius 2 is 1.50 bits per heavy atom. The van der Waals surface area contributed by atoms with Crippen LogP contribution in [0.4, 0.5) is 4.39 Å². The first-order valence-corrected chi connectivity index (χ1v) is 14.1. The van der Waals surface area contributed by atoms with Crippen LogP contribution in [0.2, 0.25) is 16.6 Å². The average molecular weight is 452 g/mol. The van der Waals surface area contributed by atoms with E-state index >= 15 is 0 Å². The van der Waals surface area contributed by atoms with Gasteiger partial charge in [-0.3, -0.25) is 0 Å². The summed E-state index contributed by atoms with van der Waals surface area (Å²) in [7, 11) is -2.65. The van der Waals surface area contributed by atoms with Crippen molar-refractivity contribution in [2.75, 3.05) is 0 Å². The van der Waals surface area contributed by atoms with Gasteiger partial charge in [-0.15, -0.1) is 5.92 Å². The van der Waals surface area contributed by atoms with Crippen LogP contribution in [0.15, 0.2) is 30.3 Å². The Bertz CT molecular complexity index is 1040. The second-order valence-corrected chi connectivity index (χ2v) is 17.0. The van der Waals surface area contributed by atoms with Crippen molar-refractivity contribution in [3.8, 4) is 11.8 Å². The summed E-state index contributed by atoms with van der Waals surface area (Å²) in [5.41, 5.74) is 2.33. The summed E-state index contributed by atoms with van der Waals surface area (Å²) in [6.07, 6.45) is 0. The van der Waals surface area contributed by atoms with E-state index in [1.165, 1.54) is 6.07 Å². The summed E-state index contributed by atoms with van der Waals surface area (Å²) < 4.78 is 28.6. The van der Waals surface area contributed by atoms with Crippen molar-refractivity contribution < 1.29 is 13.7 Å². The highest BCUT2D eigenvalue weighted by Crippen LogP contribution is 2.56. The molecule has 0 aromatic heterocycles. The van der Waals surface area contributed by atoms with E-state index in [1.807, 2.05) is 24.3 Å². The Morgan fingerprint density at radius 3 is 2.03 bits per heavy atom. The van der Waals surface area contributed by atoms with Crippen molar-refractivity contribution in [2.45, 2.75) is 96.7 Å². The third-order valence-electron chi connectivity index (χ3n) is 8.12. The van der Waals surface area contributed by atoms with Crippen LogP contribution in [-0.4, -0.2) is 26.0 Å². The largest absolute Gasteiger partial charge is 0.495 e. The van der Waals surface area contributed by atoms with Crippen LogP contribution in [0.1, 0.15) is 74.8 Å². The second kappa shape index (κ2) is 8.63. The van der Waals surface area contributed by atoms with E-state index in [0.29, 0.717) is 22.2 Å². The molecule has 0 spiro atoms. The van der Waals surface area contributed by atoms with Gasteiger partial charge in [0.15, 0.2) is 0 Å². The van der Waals surface area contributed by atoms with Crippen molar-refractivity contribution >= 4 is 31.4 Å². The average Bonchev–Trinajstić information content (AvgIpc) is 2.92. The van der Waals surface area contributed by atoms with Gasteiger partial charge in [-0.1, -0.05) is 71.7 Å². The molecule has 1 aliphatic rings. The van der Waals surface area contributed by atoms with E-state index in [9.17, 15) is 4.39 Å². The molecular weight excluding hydrogens is 414 g/mol. The van der Waals surface area contributed by atoms with Gasteiger partial charge < -0.3 is 9.31 Å². The topological polar surface area (TPSA) is 18.5 Å². The molecule has 0 radical (unpaired) electrons. The molecule has 0 N–H and O–H groups in total. The lowest BCUT2D eigenvalue weighted by atomic mass is 9.75. The van der Waals surface area contributed by atoms with Crippen molar-refractivity contribution in [1.29, 1.82) is 0 Å². The van der Waals surface area contributed by atoms with Gasteiger partial charge in [0.25, 0.3) is 0 Å². The van der Waals surface area contributed by atoms with Gasteiger partial charge in [-0.2, -0.15) is 0 Å². The zero-order valence-electron chi connectivity index (χ0n) is 21.4. The van der Waals surface area contributed by atoms with E-state index in [0.717, 1.165) is 16.2 Å². The maximum absolute atomic E-state index is 14.8. The van der Waals surface area contributed by atoms with Crippen LogP contribution in [0.25, 0.3) is 10.8 Å². The van der Waals surface area contributed by atoms with Gasteiger partial charge >= 0.3 is 7.12 Å². The zero-order chi connectivity index (χ0) is 24.1. The molecule has 3 rings (SSSR count). The molecule has 172 valence electrons. The molecule has 2 aromatic carbocycles. The highest BCUT2D eigenvalue weighted by molar-refractivity contribution is 6.87. The lowest BCUT2D eigenvalue weighted by Gasteiger charge is -2.57. The molecule has 0 amide bonds. The van der Waals surface area contributed by atoms with E-state index in [1.54, 1.807) is 6.92 Å². The van der Waals surface area contributed by atoms with Crippen molar-refractivity contribution in [3.05, 3.63) is 41.7 Å². The standard InChI is InChI=1S/C27H38BFO2Si/c1-11-13-22-24(29)17-16-21-14-12-15-23(25(21)22)28-30-26(8,9)27(10,31-28)32(18(2)3,19(4)5)20(6)7/h12,14-20H,1-10H3. The van der Waals surface area contributed by atoms with Crippen LogP contribution >= 0.6 is 0 Å². The SMILES string of the molecule is CC#Cc1c(F)ccc2cccc(B3OC(C)(C)C(C)([Si](C(C)C)(C(C)C)C(C)C)O3)c12. The number of hydrogen-bond donors (Lipinski definition) is 0. The Labute approximate surface area is 195 Å². The fourth-order valence-corrected chi connectivity index (χ4v) is 15.7. The molecule has 0 bridgehead atoms. The first-order chi connectivity index (χ1) is 14.8. The molecule has 1 saturated heterocycles. The summed E-state index contributed by atoms with van der Waals surface area (Å²) in [6.45, 7) is 22.5. The third-order valence-corrected chi connectivity index (χ3v) is 16.2. The predicted octanol–water partition coefficient (Wildman–Crippen LogP) is 6.85. The van der Waals surface area contributed by atoms with Gasteiger partial charge in [-0.25, -0.2) is 4.39 Å². The summed E-state index contributed by atoms with van der Waals surface area (Å²) in [6, 6.07) is 9.28. The molecule has 1 unspecified atom stereocenters. The van der Waals surface area contributed by atoms with Gasteiger partial charge in [0.05, 0.1) is 16.4 Å². The minimum atomic E-state index is -2.09. The predicted molar refractivity (Wildman–Crippen MR) is 138 cm³/mol. The first-order valence-electron chi connectivity index (χ1n) is 11.8. The Morgan fingerprint density at radius 1 is 0.906 bits per heavy atom. The molecule has 2 nitrogen and oxygen atoms in total. The fourth-order valence-electron chi connectivity index (χ4n) is 6.99. The summed E-state index contributed by atoms with van der Waals surface area (Å²) in [5, 5.41) is 1.31. The molecule has 1 aliphatic heterocycles. The Balaban J connectivity index is 2.26. The quantitative estimate of drug-likeness (QED) is 0.365. The maximum atomic E-state index is 14.8. The molecular formula is C27H38BFO2Si. The van der Waals surface area contributed by atoms with E-state index in [-0.39, 0.29) is 5.82 Å². The van der Waals surface area contributed by atoms with Crippen molar-refractivity contribution in [2.24, 2.45) is 0 Å². The van der Waals surface area contributed by atoms with E-state index in [2.05, 4.69) is 74.2 Å². The second-order valence-electron chi connectivity index (χ2n) is 10.8. The van der Waals surface area contributed by atoms with E-state index in [4.69, 9.17) is 9.31 Å². The van der Waals surface area contributed by atoms with Crippen molar-refractivity contribution in [1.82, 2.24) is 0 Å². The highest BCUT2D eigenvalue weighted by atomic mass is 28.3. The molecule has 5 heteroatoms. The lowest BCUT2D eigenvalue weighted by molar-refractivity contribution is 0.0403. The number of benzene rings is 2. The molecule has 1 atom stereocenters. The first kappa shape index (κ1) is 25.0. The zero-order valence-corrected chi connectivity index (χ0v) is 22.4. The minimum Gasteiger partial charge on any atom is -0.402 e. The van der Waals surface area contributed by atoms with Crippen molar-refractivity contribution in [3.63, 3.8) is 0 Å². The number of rotatable bonds is 5. The molecule has 32 heavy (non-hydrogen) atoms. The van der Waals surface area contributed by atoms with Crippen LogP contribution < -0.4 is 5.46 Å². The summed E-state index contributed by atoms with van der Waals surface area (Å²) in [5.74, 6) is 5.54. The highest BCUT2D eigenvalue weighted by Gasteiger charge is 2.68. The van der Waals surface area contributed by atoms with Crippen LogP contribution in [-0.2, 0) is 9.31 Å². The molecule has 1 fully saturated rings. The molecule has 0 aliphatic carbocycles. The van der Waals surface area contributed by atoms with Crippen LogP contribution in [0.3, 0.4) is 0 Å². The fraction of sp³-hybridized carbons (Fsp3) is 0.556. The van der Waals surface area contributed by atoms with Gasteiger partial charge in [0, 0.05) is 5.39 Å². The summed E-state index contributed by atoms with van der Waals surface area (Å²) in [4.78, 5) is 0. The molecule has 0 saturated carbocycles. The molecule has 1 heterocycles. The van der Waals surface area contributed by atoms with Gasteiger partial charge in [0.2, 0.25) is 0 Å². The van der Waals surface area contributed by atoms with Gasteiger partial charge in [-0.05, 0) is 61.2 Å². The Kier molecular flexibility index (Phi) is 6.75. The number of hydrogen-bond acceptors (Lipinski definition) is 2. The maximum Gasteiger partial charge on any atom is 0.495 e. The number of halogens is 1. The van der Waals surface area contributed by atoms with Crippen LogP contribution in [0, 0.1) is 17.7 Å². The lowest BCUT2D eigenvalue weighted by Crippen LogP contribution is -2.70. The van der Waals surface area contributed by atoms with Gasteiger partial charge in [0.1, 0.15) is 13.9 Å². The number of fused-ring (bicyclic) bond motifs is 1. The molecule has 2 aromatic rings. The third kappa shape index (κ3) is 3.47. The summed E-state index contributed by atoms with van der Waals surface area (Å²) >= 11 is 0. The van der Waals surface area contributed by atoms with Crippen LogP contribution in [0.5, 0.6) is 0 Å². The minimum absolute atomic E-state index is 0.311.